The van der Waals surface area contributed by atoms with E-state index >= 15 is 0 Å². The summed E-state index contributed by atoms with van der Waals surface area (Å²) in [7, 11) is 1.57. The van der Waals surface area contributed by atoms with Gasteiger partial charge in [-0.15, -0.1) is 0 Å². The van der Waals surface area contributed by atoms with Crippen molar-refractivity contribution >= 4 is 11.8 Å². The zero-order valence-corrected chi connectivity index (χ0v) is 12.5. The Balaban J connectivity index is 2.26. The second-order valence-electron chi connectivity index (χ2n) is 5.45. The molecule has 1 atom stereocenters. The maximum atomic E-state index is 12.7. The first-order chi connectivity index (χ1) is 10.0. The van der Waals surface area contributed by atoms with E-state index < -0.39 is 11.4 Å². The lowest BCUT2D eigenvalue weighted by Gasteiger charge is -2.37. The monoisotopic (exact) mass is 294 g/mol. The number of primary amides is 1. The van der Waals surface area contributed by atoms with Gasteiger partial charge < -0.3 is 15.4 Å². The first kappa shape index (κ1) is 15.5. The Morgan fingerprint density at radius 1 is 1.52 bits per heavy atom. The number of carbonyl (C=O) groups is 2. The van der Waals surface area contributed by atoms with Gasteiger partial charge in [0.25, 0.3) is 5.91 Å². The van der Waals surface area contributed by atoms with Gasteiger partial charge in [0.05, 0.1) is 30.3 Å². The average molecular weight is 294 g/mol. The molecule has 7 heteroatoms. The van der Waals surface area contributed by atoms with E-state index in [0.717, 1.165) is 12.8 Å². The zero-order valence-electron chi connectivity index (χ0n) is 12.5. The van der Waals surface area contributed by atoms with Gasteiger partial charge in [0.2, 0.25) is 5.91 Å². The molecule has 7 nitrogen and oxygen atoms in total. The van der Waals surface area contributed by atoms with Crippen molar-refractivity contribution in [3.8, 4) is 0 Å². The molecule has 1 saturated heterocycles. The van der Waals surface area contributed by atoms with E-state index in [1.54, 1.807) is 29.1 Å². The van der Waals surface area contributed by atoms with E-state index in [4.69, 9.17) is 10.5 Å². The summed E-state index contributed by atoms with van der Waals surface area (Å²) >= 11 is 0. The number of ether oxygens (including phenoxy) is 1. The molecule has 0 bridgehead atoms. The summed E-state index contributed by atoms with van der Waals surface area (Å²) in [6, 6.07) is 0. The maximum absolute atomic E-state index is 12.7. The fraction of sp³-hybridized carbons (Fsp3) is 0.643. The van der Waals surface area contributed by atoms with Crippen molar-refractivity contribution in [1.29, 1.82) is 0 Å². The Morgan fingerprint density at radius 3 is 2.86 bits per heavy atom. The maximum Gasteiger partial charge on any atom is 0.257 e. The molecule has 1 aliphatic heterocycles. The Kier molecular flexibility index (Phi) is 4.62. The number of rotatable bonds is 6. The first-order valence-corrected chi connectivity index (χ1v) is 7.14. The predicted octanol–water partition coefficient (Wildman–Crippen LogP) is 0.400. The van der Waals surface area contributed by atoms with Crippen LogP contribution in [0.1, 0.15) is 36.5 Å². The molecule has 0 aliphatic carbocycles. The molecule has 0 spiro atoms. The van der Waals surface area contributed by atoms with E-state index in [2.05, 4.69) is 5.10 Å². The lowest BCUT2D eigenvalue weighted by molar-refractivity contribution is -0.121. The fourth-order valence-electron chi connectivity index (χ4n) is 3.04. The molecule has 1 fully saturated rings. The minimum Gasteiger partial charge on any atom is -0.382 e. The first-order valence-electron chi connectivity index (χ1n) is 7.14. The van der Waals surface area contributed by atoms with Gasteiger partial charge in [-0.25, -0.2) is 0 Å². The smallest absolute Gasteiger partial charge is 0.257 e. The molecule has 116 valence electrons. The van der Waals surface area contributed by atoms with Crippen molar-refractivity contribution in [2.45, 2.75) is 38.3 Å². The van der Waals surface area contributed by atoms with Crippen molar-refractivity contribution in [2.75, 3.05) is 20.3 Å². The van der Waals surface area contributed by atoms with Crippen LogP contribution in [0.2, 0.25) is 0 Å². The Labute approximate surface area is 124 Å². The molecular formula is C14H22N4O3. The van der Waals surface area contributed by atoms with E-state index in [1.165, 1.54) is 0 Å². The van der Waals surface area contributed by atoms with Crippen LogP contribution in [0.4, 0.5) is 0 Å². The van der Waals surface area contributed by atoms with Gasteiger partial charge in [-0.3, -0.25) is 14.3 Å². The van der Waals surface area contributed by atoms with Crippen molar-refractivity contribution < 1.29 is 14.3 Å². The Bertz CT molecular complexity index is 528. The van der Waals surface area contributed by atoms with Gasteiger partial charge >= 0.3 is 0 Å². The van der Waals surface area contributed by atoms with Crippen LogP contribution in [-0.2, 0) is 16.1 Å². The third-order valence-electron chi connectivity index (χ3n) is 3.96. The fourth-order valence-corrected chi connectivity index (χ4v) is 3.04. The molecule has 21 heavy (non-hydrogen) atoms. The van der Waals surface area contributed by atoms with Crippen molar-refractivity contribution in [3.05, 3.63) is 18.0 Å². The highest BCUT2D eigenvalue weighted by molar-refractivity contribution is 5.95. The number of hydrogen-bond acceptors (Lipinski definition) is 4. The van der Waals surface area contributed by atoms with Gasteiger partial charge in [-0.2, -0.15) is 5.10 Å². The Hall–Kier alpha value is -1.89. The van der Waals surface area contributed by atoms with Crippen LogP contribution in [0.15, 0.2) is 12.4 Å². The number of aromatic nitrogens is 2. The summed E-state index contributed by atoms with van der Waals surface area (Å²) in [4.78, 5) is 25.8. The van der Waals surface area contributed by atoms with Crippen LogP contribution in [0.25, 0.3) is 0 Å². The number of carbonyl (C=O) groups excluding carboxylic acids is 2. The quantitative estimate of drug-likeness (QED) is 0.822. The summed E-state index contributed by atoms with van der Waals surface area (Å²) in [5.74, 6) is -0.540. The van der Waals surface area contributed by atoms with E-state index in [9.17, 15) is 9.59 Å². The predicted molar refractivity (Wildman–Crippen MR) is 76.6 cm³/mol. The highest BCUT2D eigenvalue weighted by atomic mass is 16.5. The molecule has 0 radical (unpaired) electrons. The second-order valence-corrected chi connectivity index (χ2v) is 5.45. The number of methoxy groups -OCH3 is 1. The Morgan fingerprint density at radius 2 is 2.29 bits per heavy atom. The molecule has 2 rings (SSSR count). The summed E-state index contributed by atoms with van der Waals surface area (Å²) in [5.41, 5.74) is 5.26. The molecule has 2 heterocycles. The van der Waals surface area contributed by atoms with Crippen LogP contribution in [0.5, 0.6) is 0 Å². The molecule has 0 unspecified atom stereocenters. The minimum atomic E-state index is -0.633. The number of amides is 2. The van der Waals surface area contributed by atoms with Crippen molar-refractivity contribution in [2.24, 2.45) is 5.73 Å². The minimum absolute atomic E-state index is 0.120. The SMILES string of the molecule is CCn1cc(C(=O)N2CCC[C@]2(COC)CC(N)=O)cn1. The van der Waals surface area contributed by atoms with Gasteiger partial charge in [-0.1, -0.05) is 0 Å². The number of aryl methyl sites for hydroxylation is 1. The summed E-state index contributed by atoms with van der Waals surface area (Å²) in [5, 5.41) is 4.13. The van der Waals surface area contributed by atoms with Gasteiger partial charge in [0.1, 0.15) is 0 Å². The largest absolute Gasteiger partial charge is 0.382 e. The van der Waals surface area contributed by atoms with Crippen LogP contribution in [-0.4, -0.2) is 52.3 Å². The second kappa shape index (κ2) is 6.26. The van der Waals surface area contributed by atoms with E-state index in [1.807, 2.05) is 6.92 Å². The molecule has 2 N–H and O–H groups in total. The van der Waals surface area contributed by atoms with Gasteiger partial charge in [-0.05, 0) is 19.8 Å². The number of nitrogens with zero attached hydrogens (tertiary/aromatic N) is 3. The van der Waals surface area contributed by atoms with E-state index in [-0.39, 0.29) is 12.3 Å². The summed E-state index contributed by atoms with van der Waals surface area (Å²) < 4.78 is 6.95. The molecule has 0 aromatic carbocycles. The van der Waals surface area contributed by atoms with Crippen molar-refractivity contribution in [3.63, 3.8) is 0 Å². The zero-order chi connectivity index (χ0) is 15.5. The highest BCUT2D eigenvalue weighted by Gasteiger charge is 2.45. The lowest BCUT2D eigenvalue weighted by atomic mass is 9.92. The summed E-state index contributed by atoms with van der Waals surface area (Å²) in [6.07, 6.45) is 4.96. The molecule has 1 aliphatic rings. The summed E-state index contributed by atoms with van der Waals surface area (Å²) in [6.45, 7) is 3.58. The van der Waals surface area contributed by atoms with E-state index in [0.29, 0.717) is 25.3 Å². The normalized spacial score (nSPS) is 21.7. The number of hydrogen-bond donors (Lipinski definition) is 1. The standard InChI is InChI=1S/C14H22N4O3/c1-3-17-9-11(8-16-17)13(20)18-6-4-5-14(18,10-21-2)7-12(15)19/h8-9H,3-7,10H2,1-2H3,(H2,15,19)/t14-/m1/s1. The van der Waals surface area contributed by atoms with Gasteiger partial charge in [0, 0.05) is 26.4 Å². The van der Waals surface area contributed by atoms with Crippen LogP contribution >= 0.6 is 0 Å². The third-order valence-corrected chi connectivity index (χ3v) is 3.96. The number of nitrogens with two attached hydrogens (primary N) is 1. The molecule has 1 aromatic rings. The third kappa shape index (κ3) is 3.07. The molecule has 0 saturated carbocycles. The van der Waals surface area contributed by atoms with Crippen molar-refractivity contribution in [1.82, 2.24) is 14.7 Å². The van der Waals surface area contributed by atoms with Crippen LogP contribution in [0, 0.1) is 0 Å². The number of likely N-dealkylation sites (tertiary alicyclic amines) is 1. The highest BCUT2D eigenvalue weighted by Crippen LogP contribution is 2.34. The topological polar surface area (TPSA) is 90.5 Å². The average Bonchev–Trinajstić information content (AvgIpc) is 3.04. The lowest BCUT2D eigenvalue weighted by Crippen LogP contribution is -2.52. The van der Waals surface area contributed by atoms with Crippen LogP contribution in [0.3, 0.4) is 0 Å². The van der Waals surface area contributed by atoms with Gasteiger partial charge in [0.15, 0.2) is 0 Å². The molecule has 1 aromatic heterocycles. The molecule has 2 amide bonds. The molecular weight excluding hydrogens is 272 g/mol. The van der Waals surface area contributed by atoms with Crippen LogP contribution < -0.4 is 5.73 Å².